The van der Waals surface area contributed by atoms with Crippen molar-refractivity contribution in [2.45, 2.75) is 25.9 Å². The Morgan fingerprint density at radius 1 is 1.33 bits per heavy atom. The Bertz CT molecular complexity index is 691. The molecule has 7 heteroatoms. The van der Waals surface area contributed by atoms with Crippen LogP contribution >= 0.6 is 11.3 Å². The van der Waals surface area contributed by atoms with E-state index >= 15 is 0 Å². The number of hydrogen-bond donors (Lipinski definition) is 2. The highest BCUT2D eigenvalue weighted by Crippen LogP contribution is 2.23. The van der Waals surface area contributed by atoms with Gasteiger partial charge < -0.3 is 16.0 Å². The molecule has 3 N–H and O–H groups in total. The summed E-state index contributed by atoms with van der Waals surface area (Å²) in [7, 11) is 0. The van der Waals surface area contributed by atoms with Crippen LogP contribution in [-0.2, 0) is 11.3 Å². The molecule has 5 nitrogen and oxygen atoms in total. The van der Waals surface area contributed by atoms with Crippen molar-refractivity contribution in [1.82, 2.24) is 10.2 Å². The van der Waals surface area contributed by atoms with Crippen molar-refractivity contribution in [3.8, 4) is 0 Å². The van der Waals surface area contributed by atoms with Crippen LogP contribution in [0, 0.1) is 5.82 Å². The molecule has 0 fully saturated rings. The third kappa shape index (κ3) is 5.06. The highest BCUT2D eigenvalue weighted by molar-refractivity contribution is 7.10. The summed E-state index contributed by atoms with van der Waals surface area (Å²) < 4.78 is 13.3. The van der Waals surface area contributed by atoms with E-state index in [0.29, 0.717) is 13.1 Å². The molecule has 0 aliphatic rings. The van der Waals surface area contributed by atoms with Gasteiger partial charge in [-0.3, -0.25) is 4.79 Å². The number of amides is 3. The number of primary amides is 1. The van der Waals surface area contributed by atoms with Crippen LogP contribution in [0.15, 0.2) is 41.8 Å². The SMILES string of the molecule is CCN(Cc1cccc(F)c1)C(=O)CC(NC(N)=O)c1cccs1. The molecule has 1 aromatic heterocycles. The van der Waals surface area contributed by atoms with Gasteiger partial charge in [0.2, 0.25) is 5.91 Å². The predicted octanol–water partition coefficient (Wildman–Crippen LogP) is 3.04. The number of carbonyl (C=O) groups excluding carboxylic acids is 2. The van der Waals surface area contributed by atoms with E-state index in [2.05, 4.69) is 5.32 Å². The molecule has 0 bridgehead atoms. The average molecular weight is 349 g/mol. The summed E-state index contributed by atoms with van der Waals surface area (Å²) in [5.41, 5.74) is 5.93. The second kappa shape index (κ2) is 8.44. The smallest absolute Gasteiger partial charge is 0.312 e. The molecule has 2 rings (SSSR count). The van der Waals surface area contributed by atoms with Crippen molar-refractivity contribution >= 4 is 23.3 Å². The van der Waals surface area contributed by atoms with E-state index in [9.17, 15) is 14.0 Å². The summed E-state index contributed by atoms with van der Waals surface area (Å²) in [5.74, 6) is -0.461. The van der Waals surface area contributed by atoms with E-state index in [1.165, 1.54) is 23.5 Å². The van der Waals surface area contributed by atoms with Crippen molar-refractivity contribution in [2.75, 3.05) is 6.54 Å². The first kappa shape index (κ1) is 17.9. The molecule has 128 valence electrons. The maximum Gasteiger partial charge on any atom is 0.312 e. The summed E-state index contributed by atoms with van der Waals surface area (Å²) in [6.45, 7) is 2.67. The Kier molecular flexibility index (Phi) is 6.31. The zero-order valence-electron chi connectivity index (χ0n) is 13.4. The summed E-state index contributed by atoms with van der Waals surface area (Å²) in [5, 5.41) is 4.48. The van der Waals surface area contributed by atoms with Gasteiger partial charge in [-0.15, -0.1) is 11.3 Å². The molecule has 1 heterocycles. The fourth-order valence-electron chi connectivity index (χ4n) is 2.42. The molecule has 0 spiro atoms. The van der Waals surface area contributed by atoms with Crippen LogP contribution < -0.4 is 11.1 Å². The van der Waals surface area contributed by atoms with Crippen molar-refractivity contribution in [1.29, 1.82) is 0 Å². The number of thiophene rings is 1. The van der Waals surface area contributed by atoms with Crippen LogP contribution in [0.3, 0.4) is 0 Å². The Balaban J connectivity index is 2.07. The first-order valence-corrected chi connectivity index (χ1v) is 8.49. The maximum atomic E-state index is 13.3. The maximum absolute atomic E-state index is 13.3. The first-order valence-electron chi connectivity index (χ1n) is 7.61. The van der Waals surface area contributed by atoms with Gasteiger partial charge >= 0.3 is 6.03 Å². The lowest BCUT2D eigenvalue weighted by Crippen LogP contribution is -2.38. The molecule has 1 aromatic carbocycles. The minimum Gasteiger partial charge on any atom is -0.352 e. The van der Waals surface area contributed by atoms with Crippen molar-refractivity contribution < 1.29 is 14.0 Å². The highest BCUT2D eigenvalue weighted by atomic mass is 32.1. The molecular weight excluding hydrogens is 329 g/mol. The van der Waals surface area contributed by atoms with Gasteiger partial charge in [0.1, 0.15) is 5.82 Å². The monoisotopic (exact) mass is 349 g/mol. The second-order valence-electron chi connectivity index (χ2n) is 5.32. The minimum atomic E-state index is -0.672. The molecule has 0 saturated carbocycles. The third-order valence-electron chi connectivity index (χ3n) is 3.58. The lowest BCUT2D eigenvalue weighted by molar-refractivity contribution is -0.132. The fourth-order valence-corrected chi connectivity index (χ4v) is 3.20. The summed E-state index contributed by atoms with van der Waals surface area (Å²) in [6, 6.07) is 8.74. The lowest BCUT2D eigenvalue weighted by atomic mass is 10.1. The summed E-state index contributed by atoms with van der Waals surface area (Å²) in [6.07, 6.45) is 0.104. The molecule has 3 amide bonds. The van der Waals surface area contributed by atoms with Gasteiger partial charge in [-0.2, -0.15) is 0 Å². The zero-order valence-corrected chi connectivity index (χ0v) is 14.2. The van der Waals surface area contributed by atoms with E-state index in [0.717, 1.165) is 10.4 Å². The first-order chi connectivity index (χ1) is 11.5. The molecule has 2 aromatic rings. The number of hydrogen-bond acceptors (Lipinski definition) is 3. The van der Waals surface area contributed by atoms with Crippen LogP contribution in [0.5, 0.6) is 0 Å². The quantitative estimate of drug-likeness (QED) is 0.806. The van der Waals surface area contributed by atoms with Crippen LogP contribution in [0.25, 0.3) is 0 Å². The van der Waals surface area contributed by atoms with Gasteiger partial charge in [-0.25, -0.2) is 9.18 Å². The Hall–Kier alpha value is -2.41. The third-order valence-corrected chi connectivity index (χ3v) is 4.56. The van der Waals surface area contributed by atoms with E-state index in [1.54, 1.807) is 17.0 Å². The molecular formula is C17H20FN3O2S. The molecule has 0 radical (unpaired) electrons. The minimum absolute atomic E-state index is 0.104. The molecule has 1 unspecified atom stereocenters. The highest BCUT2D eigenvalue weighted by Gasteiger charge is 2.21. The number of rotatable bonds is 7. The normalized spacial score (nSPS) is 11.8. The Labute approximate surface area is 144 Å². The number of nitrogens with zero attached hydrogens (tertiary/aromatic N) is 1. The second-order valence-corrected chi connectivity index (χ2v) is 6.30. The van der Waals surface area contributed by atoms with Crippen LogP contribution in [0.2, 0.25) is 0 Å². The topological polar surface area (TPSA) is 75.4 Å². The number of nitrogens with two attached hydrogens (primary N) is 1. The van der Waals surface area contributed by atoms with E-state index < -0.39 is 12.1 Å². The fraction of sp³-hybridized carbons (Fsp3) is 0.294. The molecule has 0 aliphatic carbocycles. The van der Waals surface area contributed by atoms with Crippen molar-refractivity contribution in [3.05, 3.63) is 58.0 Å². The summed E-state index contributed by atoms with van der Waals surface area (Å²) >= 11 is 1.45. The lowest BCUT2D eigenvalue weighted by Gasteiger charge is -2.24. The molecule has 1 atom stereocenters. The van der Waals surface area contributed by atoms with Crippen LogP contribution in [0.4, 0.5) is 9.18 Å². The van der Waals surface area contributed by atoms with E-state index in [4.69, 9.17) is 5.73 Å². The number of urea groups is 1. The zero-order chi connectivity index (χ0) is 17.5. The van der Waals surface area contributed by atoms with Gasteiger partial charge in [0, 0.05) is 18.0 Å². The Morgan fingerprint density at radius 2 is 2.12 bits per heavy atom. The Morgan fingerprint density at radius 3 is 2.71 bits per heavy atom. The van der Waals surface area contributed by atoms with Gasteiger partial charge in [0.05, 0.1) is 12.5 Å². The average Bonchev–Trinajstić information content (AvgIpc) is 3.06. The van der Waals surface area contributed by atoms with Crippen LogP contribution in [0.1, 0.15) is 29.8 Å². The predicted molar refractivity (Wildman–Crippen MR) is 91.9 cm³/mol. The van der Waals surface area contributed by atoms with Crippen molar-refractivity contribution in [2.24, 2.45) is 5.73 Å². The van der Waals surface area contributed by atoms with Crippen LogP contribution in [-0.4, -0.2) is 23.4 Å². The van der Waals surface area contributed by atoms with E-state index in [1.807, 2.05) is 24.4 Å². The van der Waals surface area contributed by atoms with Gasteiger partial charge in [-0.05, 0) is 36.1 Å². The number of benzene rings is 1. The van der Waals surface area contributed by atoms with Gasteiger partial charge in [0.25, 0.3) is 0 Å². The van der Waals surface area contributed by atoms with Crippen molar-refractivity contribution in [3.63, 3.8) is 0 Å². The van der Waals surface area contributed by atoms with Gasteiger partial charge in [-0.1, -0.05) is 18.2 Å². The number of nitrogens with one attached hydrogen (secondary N) is 1. The standard InChI is InChI=1S/C17H20FN3O2S/c1-2-21(11-12-5-3-6-13(18)9-12)16(22)10-14(20-17(19)23)15-7-4-8-24-15/h3-9,14H,2,10-11H2,1H3,(H3,19,20,23). The molecule has 0 saturated heterocycles. The summed E-state index contributed by atoms with van der Waals surface area (Å²) in [4.78, 5) is 26.3. The molecule has 24 heavy (non-hydrogen) atoms. The molecule has 0 aliphatic heterocycles. The number of carbonyl (C=O) groups is 2. The van der Waals surface area contributed by atoms with Gasteiger partial charge in [0.15, 0.2) is 0 Å². The number of halogens is 1. The van der Waals surface area contributed by atoms with E-state index in [-0.39, 0.29) is 18.1 Å². The largest absolute Gasteiger partial charge is 0.352 e.